The van der Waals surface area contributed by atoms with Gasteiger partial charge in [-0.05, 0) is 41.3 Å². The first-order valence-corrected chi connectivity index (χ1v) is 10.7. The molecular weight excluding hydrogens is 406 g/mol. The Morgan fingerprint density at radius 2 is 1.93 bits per heavy atom. The molecule has 2 N–H and O–H groups in total. The number of hydrogen-bond acceptors (Lipinski definition) is 6. The molecule has 3 heterocycles. The van der Waals surface area contributed by atoms with Crippen molar-refractivity contribution in [2.24, 2.45) is 0 Å². The summed E-state index contributed by atoms with van der Waals surface area (Å²) in [6.07, 6.45) is 1.70. The molecule has 0 aliphatic carbocycles. The summed E-state index contributed by atoms with van der Waals surface area (Å²) in [6, 6.07) is 12.6. The number of carbonyl (C=O) groups is 2. The number of nitrogens with one attached hydrogen (secondary N) is 2. The molecule has 0 unspecified atom stereocenters. The van der Waals surface area contributed by atoms with Gasteiger partial charge in [0.05, 0.1) is 18.4 Å². The first-order chi connectivity index (χ1) is 14.2. The fourth-order valence-electron chi connectivity index (χ4n) is 2.64. The average molecular weight is 424 g/mol. The Kier molecular flexibility index (Phi) is 5.83. The fraction of sp³-hybridized carbons (Fsp3) is 0.0952. The lowest BCUT2D eigenvalue weighted by atomic mass is 10.2. The first kappa shape index (κ1) is 19.1. The molecule has 0 spiro atoms. The van der Waals surface area contributed by atoms with Crippen LogP contribution >= 0.6 is 22.7 Å². The second-order valence-corrected chi connectivity index (χ2v) is 7.88. The van der Waals surface area contributed by atoms with Gasteiger partial charge in [0.25, 0.3) is 5.91 Å². The monoisotopic (exact) mass is 423 g/mol. The molecule has 0 radical (unpaired) electrons. The largest absolute Gasteiger partial charge is 0.459 e. The topological polar surface area (TPSA) is 84.2 Å². The van der Waals surface area contributed by atoms with E-state index < -0.39 is 0 Å². The molecule has 4 aromatic rings. The minimum Gasteiger partial charge on any atom is -0.459 e. The van der Waals surface area contributed by atoms with E-state index in [1.165, 1.54) is 6.26 Å². The van der Waals surface area contributed by atoms with Crippen molar-refractivity contribution in [1.82, 2.24) is 10.3 Å². The van der Waals surface area contributed by atoms with Crippen LogP contribution in [0.3, 0.4) is 0 Å². The van der Waals surface area contributed by atoms with Crippen molar-refractivity contribution in [3.63, 3.8) is 0 Å². The molecule has 0 aliphatic heterocycles. The van der Waals surface area contributed by atoms with Gasteiger partial charge in [-0.3, -0.25) is 9.59 Å². The van der Waals surface area contributed by atoms with E-state index in [1.54, 1.807) is 46.9 Å². The SMILES string of the molecule is O=C(Cc1csc(-c2ccsc2)n1)NCc1ccc(NC(=O)c2ccco2)cc1. The third-order valence-electron chi connectivity index (χ3n) is 4.11. The normalized spacial score (nSPS) is 10.6. The van der Waals surface area contributed by atoms with Gasteiger partial charge < -0.3 is 15.1 Å². The van der Waals surface area contributed by atoms with Crippen LogP contribution in [0, 0.1) is 0 Å². The smallest absolute Gasteiger partial charge is 0.291 e. The minimum absolute atomic E-state index is 0.0811. The van der Waals surface area contributed by atoms with E-state index in [2.05, 4.69) is 15.6 Å². The number of thiophene rings is 1. The number of nitrogens with zero attached hydrogens (tertiary/aromatic N) is 1. The maximum Gasteiger partial charge on any atom is 0.291 e. The van der Waals surface area contributed by atoms with Crippen molar-refractivity contribution < 1.29 is 14.0 Å². The number of amides is 2. The van der Waals surface area contributed by atoms with E-state index in [1.807, 2.05) is 34.3 Å². The zero-order valence-corrected chi connectivity index (χ0v) is 16.9. The van der Waals surface area contributed by atoms with Crippen molar-refractivity contribution in [2.45, 2.75) is 13.0 Å². The molecule has 4 rings (SSSR count). The molecule has 0 saturated carbocycles. The van der Waals surface area contributed by atoms with E-state index in [0.717, 1.165) is 21.8 Å². The van der Waals surface area contributed by atoms with Crippen LogP contribution in [0.1, 0.15) is 21.8 Å². The van der Waals surface area contributed by atoms with Gasteiger partial charge in [-0.15, -0.1) is 11.3 Å². The van der Waals surface area contributed by atoms with Crippen LogP contribution in [0.2, 0.25) is 0 Å². The third kappa shape index (κ3) is 4.98. The standard InChI is InChI=1S/C21H17N3O3S2/c25-19(10-17-13-29-21(24-17)15-7-9-28-12-15)22-11-14-3-5-16(6-4-14)23-20(26)18-2-1-8-27-18/h1-9,12-13H,10-11H2,(H,22,25)(H,23,26). The van der Waals surface area contributed by atoms with E-state index in [9.17, 15) is 9.59 Å². The second-order valence-electron chi connectivity index (χ2n) is 6.24. The Balaban J connectivity index is 1.26. The Bertz CT molecular complexity index is 1080. The van der Waals surface area contributed by atoms with Crippen LogP contribution in [-0.4, -0.2) is 16.8 Å². The molecule has 1 aromatic carbocycles. The number of hydrogen-bond donors (Lipinski definition) is 2. The van der Waals surface area contributed by atoms with Crippen molar-refractivity contribution in [3.8, 4) is 10.6 Å². The molecule has 146 valence electrons. The third-order valence-corrected chi connectivity index (χ3v) is 5.73. The van der Waals surface area contributed by atoms with Gasteiger partial charge in [0.15, 0.2) is 5.76 Å². The molecule has 3 aromatic heterocycles. The van der Waals surface area contributed by atoms with Crippen LogP contribution < -0.4 is 10.6 Å². The summed E-state index contributed by atoms with van der Waals surface area (Å²) < 4.78 is 5.06. The van der Waals surface area contributed by atoms with Crippen LogP contribution in [0.4, 0.5) is 5.69 Å². The van der Waals surface area contributed by atoms with Gasteiger partial charge in [0, 0.05) is 28.6 Å². The maximum absolute atomic E-state index is 12.2. The summed E-state index contributed by atoms with van der Waals surface area (Å²) in [4.78, 5) is 28.7. The fourth-order valence-corrected chi connectivity index (χ4v) is 4.17. The zero-order valence-electron chi connectivity index (χ0n) is 15.3. The molecule has 0 fully saturated rings. The number of carbonyl (C=O) groups excluding carboxylic acids is 2. The van der Waals surface area contributed by atoms with Crippen molar-refractivity contribution >= 4 is 40.2 Å². The number of benzene rings is 1. The highest BCUT2D eigenvalue weighted by molar-refractivity contribution is 7.14. The lowest BCUT2D eigenvalue weighted by Gasteiger charge is -2.07. The number of aromatic nitrogens is 1. The summed E-state index contributed by atoms with van der Waals surface area (Å²) in [7, 11) is 0. The Morgan fingerprint density at radius 3 is 2.66 bits per heavy atom. The molecule has 0 bridgehead atoms. The first-order valence-electron chi connectivity index (χ1n) is 8.85. The van der Waals surface area contributed by atoms with Gasteiger partial charge in [0.1, 0.15) is 5.01 Å². The average Bonchev–Trinajstić information content (AvgIpc) is 3.49. The summed E-state index contributed by atoms with van der Waals surface area (Å²) >= 11 is 3.17. The summed E-state index contributed by atoms with van der Waals surface area (Å²) in [6.45, 7) is 0.409. The molecule has 2 amide bonds. The van der Waals surface area contributed by atoms with Crippen LogP contribution in [0.15, 0.2) is 69.3 Å². The predicted octanol–water partition coefficient (Wildman–Crippen LogP) is 4.58. The molecule has 29 heavy (non-hydrogen) atoms. The lowest BCUT2D eigenvalue weighted by Crippen LogP contribution is -2.24. The van der Waals surface area contributed by atoms with E-state index in [0.29, 0.717) is 12.2 Å². The highest BCUT2D eigenvalue weighted by Crippen LogP contribution is 2.25. The van der Waals surface area contributed by atoms with E-state index in [4.69, 9.17) is 4.42 Å². The quantitative estimate of drug-likeness (QED) is 0.456. The van der Waals surface area contributed by atoms with E-state index in [-0.39, 0.29) is 24.0 Å². The lowest BCUT2D eigenvalue weighted by molar-refractivity contribution is -0.120. The second kappa shape index (κ2) is 8.85. The molecule has 0 aliphatic rings. The number of anilines is 1. The zero-order chi connectivity index (χ0) is 20.1. The predicted molar refractivity (Wildman–Crippen MR) is 114 cm³/mol. The van der Waals surface area contributed by atoms with Crippen molar-refractivity contribution in [2.75, 3.05) is 5.32 Å². The van der Waals surface area contributed by atoms with Crippen LogP contribution in [0.5, 0.6) is 0 Å². The van der Waals surface area contributed by atoms with Gasteiger partial charge in [-0.25, -0.2) is 4.98 Å². The minimum atomic E-state index is -0.305. The highest BCUT2D eigenvalue weighted by Gasteiger charge is 2.10. The summed E-state index contributed by atoms with van der Waals surface area (Å²) in [5.74, 6) is -0.131. The molecule has 6 nitrogen and oxygen atoms in total. The van der Waals surface area contributed by atoms with Crippen molar-refractivity contribution in [1.29, 1.82) is 0 Å². The van der Waals surface area contributed by atoms with Gasteiger partial charge in [-0.1, -0.05) is 12.1 Å². The summed E-state index contributed by atoms with van der Waals surface area (Å²) in [5.41, 5.74) is 3.45. The molecule has 0 atom stereocenters. The summed E-state index contributed by atoms with van der Waals surface area (Å²) in [5, 5.41) is 12.6. The highest BCUT2D eigenvalue weighted by atomic mass is 32.1. The van der Waals surface area contributed by atoms with Gasteiger partial charge in [-0.2, -0.15) is 11.3 Å². The number of thiazole rings is 1. The molecular formula is C21H17N3O3S2. The van der Waals surface area contributed by atoms with E-state index >= 15 is 0 Å². The molecule has 0 saturated heterocycles. The maximum atomic E-state index is 12.2. The van der Waals surface area contributed by atoms with Crippen molar-refractivity contribution in [3.05, 3.63) is 81.9 Å². The Hall–Kier alpha value is -3.23. The van der Waals surface area contributed by atoms with Crippen LogP contribution in [-0.2, 0) is 17.8 Å². The van der Waals surface area contributed by atoms with Gasteiger partial charge in [0.2, 0.25) is 5.91 Å². The van der Waals surface area contributed by atoms with Gasteiger partial charge >= 0.3 is 0 Å². The Labute approximate surface area is 175 Å². The Morgan fingerprint density at radius 1 is 1.07 bits per heavy atom. The number of furan rings is 1. The van der Waals surface area contributed by atoms with Crippen LogP contribution in [0.25, 0.3) is 10.6 Å². The number of rotatable bonds is 7. The molecule has 8 heteroatoms.